The highest BCUT2D eigenvalue weighted by atomic mass is 32.2. The fourth-order valence-corrected chi connectivity index (χ4v) is 2.62. The van der Waals surface area contributed by atoms with Gasteiger partial charge in [0.15, 0.2) is 0 Å². The quantitative estimate of drug-likeness (QED) is 0.852. The van der Waals surface area contributed by atoms with E-state index in [9.17, 15) is 8.42 Å². The standard InChI is InChI=1S/C12H14N2O4S/c1-9-2-3-12(6-10(9)8-15)19(16,17)13-7-11-4-5-18-14-11/h2-6,13,15H,7-8H2,1H3. The molecule has 1 aromatic carbocycles. The largest absolute Gasteiger partial charge is 0.392 e. The number of hydrogen-bond donors (Lipinski definition) is 2. The van der Waals surface area contributed by atoms with Crippen LogP contribution in [0.3, 0.4) is 0 Å². The SMILES string of the molecule is Cc1ccc(S(=O)(=O)NCc2ccon2)cc1CO. The first-order valence-corrected chi connectivity index (χ1v) is 7.10. The van der Waals surface area contributed by atoms with E-state index in [1.165, 1.54) is 18.4 Å². The van der Waals surface area contributed by atoms with E-state index in [2.05, 4.69) is 14.4 Å². The number of nitrogens with zero attached hydrogens (tertiary/aromatic N) is 1. The van der Waals surface area contributed by atoms with E-state index in [0.29, 0.717) is 11.3 Å². The molecule has 2 N–H and O–H groups in total. The molecule has 102 valence electrons. The van der Waals surface area contributed by atoms with E-state index >= 15 is 0 Å². The highest BCUT2D eigenvalue weighted by Crippen LogP contribution is 2.15. The molecule has 0 unspecified atom stereocenters. The van der Waals surface area contributed by atoms with Crippen LogP contribution in [0.4, 0.5) is 0 Å². The molecule has 19 heavy (non-hydrogen) atoms. The lowest BCUT2D eigenvalue weighted by Gasteiger charge is -2.08. The van der Waals surface area contributed by atoms with Gasteiger partial charge in [0.1, 0.15) is 6.26 Å². The molecule has 0 spiro atoms. The second kappa shape index (κ2) is 5.52. The maximum Gasteiger partial charge on any atom is 0.240 e. The van der Waals surface area contributed by atoms with Gasteiger partial charge in [0.2, 0.25) is 10.0 Å². The first-order valence-electron chi connectivity index (χ1n) is 5.62. The third kappa shape index (κ3) is 3.19. The Bertz CT molecular complexity index is 650. The maximum absolute atomic E-state index is 12.1. The summed E-state index contributed by atoms with van der Waals surface area (Å²) in [6.07, 6.45) is 1.37. The molecule has 0 fully saturated rings. The minimum atomic E-state index is -3.63. The lowest BCUT2D eigenvalue weighted by molar-refractivity contribution is 0.280. The van der Waals surface area contributed by atoms with Crippen molar-refractivity contribution in [2.45, 2.75) is 25.0 Å². The molecule has 0 aliphatic heterocycles. The number of aliphatic hydroxyl groups excluding tert-OH is 1. The van der Waals surface area contributed by atoms with Crippen LogP contribution in [-0.4, -0.2) is 18.7 Å². The average molecular weight is 282 g/mol. The Balaban J connectivity index is 2.19. The van der Waals surface area contributed by atoms with Crippen molar-refractivity contribution in [3.05, 3.63) is 47.3 Å². The van der Waals surface area contributed by atoms with Crippen molar-refractivity contribution in [3.63, 3.8) is 0 Å². The van der Waals surface area contributed by atoms with E-state index in [4.69, 9.17) is 5.11 Å². The number of nitrogens with one attached hydrogen (secondary N) is 1. The van der Waals surface area contributed by atoms with Crippen molar-refractivity contribution in [3.8, 4) is 0 Å². The Morgan fingerprint density at radius 3 is 2.79 bits per heavy atom. The van der Waals surface area contributed by atoms with E-state index in [0.717, 1.165) is 5.56 Å². The molecule has 0 saturated heterocycles. The molecule has 0 saturated carbocycles. The molecule has 1 heterocycles. The smallest absolute Gasteiger partial charge is 0.240 e. The molecular weight excluding hydrogens is 268 g/mol. The number of rotatable bonds is 5. The Labute approximate surface area is 111 Å². The zero-order valence-electron chi connectivity index (χ0n) is 10.3. The van der Waals surface area contributed by atoms with Crippen molar-refractivity contribution in [1.29, 1.82) is 0 Å². The summed E-state index contributed by atoms with van der Waals surface area (Å²) >= 11 is 0. The highest BCUT2D eigenvalue weighted by molar-refractivity contribution is 7.89. The molecule has 0 aliphatic carbocycles. The Morgan fingerprint density at radius 2 is 2.16 bits per heavy atom. The summed E-state index contributed by atoms with van der Waals surface area (Å²) in [6.45, 7) is 1.67. The molecule has 1 aromatic heterocycles. The molecule has 0 radical (unpaired) electrons. The van der Waals surface area contributed by atoms with Gasteiger partial charge in [-0.25, -0.2) is 13.1 Å². The summed E-state index contributed by atoms with van der Waals surface area (Å²) in [5.41, 5.74) is 1.93. The third-order valence-corrected chi connectivity index (χ3v) is 4.13. The van der Waals surface area contributed by atoms with Crippen molar-refractivity contribution in [2.24, 2.45) is 0 Å². The summed E-state index contributed by atoms with van der Waals surface area (Å²) < 4.78 is 31.1. The summed E-state index contributed by atoms with van der Waals surface area (Å²) in [6, 6.07) is 6.20. The van der Waals surface area contributed by atoms with Gasteiger partial charge < -0.3 is 9.63 Å². The molecule has 2 rings (SSSR count). The van der Waals surface area contributed by atoms with E-state index < -0.39 is 10.0 Å². The lowest BCUT2D eigenvalue weighted by Crippen LogP contribution is -2.23. The second-order valence-corrected chi connectivity index (χ2v) is 5.83. The second-order valence-electron chi connectivity index (χ2n) is 4.06. The van der Waals surface area contributed by atoms with Crippen molar-refractivity contribution < 1.29 is 18.0 Å². The number of sulfonamides is 1. The van der Waals surface area contributed by atoms with Crippen molar-refractivity contribution in [1.82, 2.24) is 9.88 Å². The summed E-state index contributed by atoms with van der Waals surface area (Å²) in [5, 5.41) is 12.8. The first kappa shape index (κ1) is 13.7. The van der Waals surface area contributed by atoms with Gasteiger partial charge in [0.05, 0.1) is 23.7 Å². The van der Waals surface area contributed by atoms with Crippen LogP contribution in [0.25, 0.3) is 0 Å². The minimum Gasteiger partial charge on any atom is -0.392 e. The van der Waals surface area contributed by atoms with Gasteiger partial charge in [0.25, 0.3) is 0 Å². The molecular formula is C12H14N2O4S. The molecule has 0 bridgehead atoms. The molecule has 0 amide bonds. The zero-order chi connectivity index (χ0) is 13.9. The van der Waals surface area contributed by atoms with Gasteiger partial charge in [-0.2, -0.15) is 0 Å². The first-order chi connectivity index (χ1) is 9.03. The summed E-state index contributed by atoms with van der Waals surface area (Å²) in [7, 11) is -3.63. The minimum absolute atomic E-state index is 0.0567. The Kier molecular flexibility index (Phi) is 3.98. The van der Waals surface area contributed by atoms with Gasteiger partial charge >= 0.3 is 0 Å². The fourth-order valence-electron chi connectivity index (χ4n) is 1.57. The van der Waals surface area contributed by atoms with Crippen LogP contribution >= 0.6 is 0 Å². The molecule has 0 atom stereocenters. The number of hydrogen-bond acceptors (Lipinski definition) is 5. The van der Waals surface area contributed by atoms with Crippen LogP contribution in [0.5, 0.6) is 0 Å². The summed E-state index contributed by atoms with van der Waals surface area (Å²) in [4.78, 5) is 0.116. The van der Waals surface area contributed by atoms with Crippen LogP contribution in [0.1, 0.15) is 16.8 Å². The number of benzene rings is 1. The molecule has 6 nitrogen and oxygen atoms in total. The number of aryl methyl sites for hydroxylation is 1. The van der Waals surface area contributed by atoms with Gasteiger partial charge in [-0.1, -0.05) is 11.2 Å². The molecule has 0 aliphatic rings. The van der Waals surface area contributed by atoms with Gasteiger partial charge in [0, 0.05) is 6.07 Å². The maximum atomic E-state index is 12.1. The van der Waals surface area contributed by atoms with Crippen LogP contribution in [-0.2, 0) is 23.2 Å². The van der Waals surface area contributed by atoms with Crippen LogP contribution in [0.15, 0.2) is 39.9 Å². The Hall–Kier alpha value is -1.70. The molecule has 7 heteroatoms. The average Bonchev–Trinajstić information content (AvgIpc) is 2.90. The van der Waals surface area contributed by atoms with E-state index in [1.54, 1.807) is 12.1 Å². The van der Waals surface area contributed by atoms with E-state index in [-0.39, 0.29) is 18.0 Å². The van der Waals surface area contributed by atoms with E-state index in [1.807, 2.05) is 6.92 Å². The lowest BCUT2D eigenvalue weighted by atomic mass is 10.1. The molecule has 2 aromatic rings. The topological polar surface area (TPSA) is 92.4 Å². The van der Waals surface area contributed by atoms with Crippen LogP contribution < -0.4 is 4.72 Å². The predicted molar refractivity (Wildman–Crippen MR) is 67.6 cm³/mol. The number of aliphatic hydroxyl groups is 1. The van der Waals surface area contributed by atoms with Crippen molar-refractivity contribution in [2.75, 3.05) is 0 Å². The van der Waals surface area contributed by atoms with Gasteiger partial charge in [-0.05, 0) is 30.2 Å². The monoisotopic (exact) mass is 282 g/mol. The predicted octanol–water partition coefficient (Wildman–Crippen LogP) is 0.954. The highest BCUT2D eigenvalue weighted by Gasteiger charge is 2.15. The normalized spacial score (nSPS) is 11.7. The van der Waals surface area contributed by atoms with Crippen LogP contribution in [0, 0.1) is 6.92 Å². The summed E-state index contributed by atoms with van der Waals surface area (Å²) in [5.74, 6) is 0. The van der Waals surface area contributed by atoms with Crippen LogP contribution in [0.2, 0.25) is 0 Å². The Morgan fingerprint density at radius 1 is 1.37 bits per heavy atom. The zero-order valence-corrected chi connectivity index (χ0v) is 11.1. The fraction of sp³-hybridized carbons (Fsp3) is 0.250. The third-order valence-electron chi connectivity index (χ3n) is 2.74. The van der Waals surface area contributed by atoms with Gasteiger partial charge in [-0.15, -0.1) is 0 Å². The number of aromatic nitrogens is 1. The van der Waals surface area contributed by atoms with Gasteiger partial charge in [-0.3, -0.25) is 0 Å². The van der Waals surface area contributed by atoms with Crippen molar-refractivity contribution >= 4 is 10.0 Å².